The number of halogens is 2. The van der Waals surface area contributed by atoms with E-state index < -0.39 is 6.61 Å². The van der Waals surface area contributed by atoms with Crippen LogP contribution in [-0.4, -0.2) is 38.3 Å². The van der Waals surface area contributed by atoms with E-state index in [1.54, 1.807) is 12.1 Å². The van der Waals surface area contributed by atoms with Crippen LogP contribution in [0.15, 0.2) is 18.2 Å². The first kappa shape index (κ1) is 16.0. The number of likely N-dealkylation sites (tertiary alicyclic amines) is 1. The number of piperidine rings is 1. The summed E-state index contributed by atoms with van der Waals surface area (Å²) in [6.45, 7) is 0.711. The number of rotatable bonds is 6. The molecule has 1 aromatic carbocycles. The van der Waals surface area contributed by atoms with Gasteiger partial charge in [0.05, 0.1) is 7.11 Å². The number of nitrogens with zero attached hydrogens (tertiary/aromatic N) is 1. The lowest BCUT2D eigenvalue weighted by atomic mass is 9.97. The minimum Gasteiger partial charge on any atom is -0.493 e. The summed E-state index contributed by atoms with van der Waals surface area (Å²) in [4.78, 5) is 2.34. The van der Waals surface area contributed by atoms with E-state index in [-0.39, 0.29) is 5.75 Å². The molecule has 0 saturated carbocycles. The molecule has 1 aliphatic rings. The van der Waals surface area contributed by atoms with E-state index in [0.29, 0.717) is 11.7 Å². The molecule has 0 spiro atoms. The van der Waals surface area contributed by atoms with Crippen LogP contribution in [0.25, 0.3) is 0 Å². The summed E-state index contributed by atoms with van der Waals surface area (Å²) < 4.78 is 34.1. The Kier molecular flexibility index (Phi) is 5.76. The van der Waals surface area contributed by atoms with Crippen LogP contribution < -0.4 is 15.2 Å². The summed E-state index contributed by atoms with van der Waals surface area (Å²) in [5, 5.41) is 0. The largest absolute Gasteiger partial charge is 0.493 e. The third-order valence-corrected chi connectivity index (χ3v) is 3.89. The Bertz CT molecular complexity index is 449. The van der Waals surface area contributed by atoms with E-state index in [2.05, 4.69) is 9.64 Å². The highest BCUT2D eigenvalue weighted by Gasteiger charge is 2.18. The van der Waals surface area contributed by atoms with Crippen LogP contribution in [0.5, 0.6) is 11.5 Å². The van der Waals surface area contributed by atoms with Gasteiger partial charge in [0, 0.05) is 6.54 Å². The Morgan fingerprint density at radius 3 is 2.57 bits per heavy atom. The van der Waals surface area contributed by atoms with Crippen LogP contribution in [0.4, 0.5) is 8.78 Å². The maximum Gasteiger partial charge on any atom is 0.387 e. The smallest absolute Gasteiger partial charge is 0.387 e. The van der Waals surface area contributed by atoms with Gasteiger partial charge in [-0.15, -0.1) is 0 Å². The molecule has 2 N–H and O–H groups in total. The molecular formula is C15H22F2N2O2. The Labute approximate surface area is 123 Å². The van der Waals surface area contributed by atoms with E-state index >= 15 is 0 Å². The van der Waals surface area contributed by atoms with Crippen molar-refractivity contribution in [2.24, 2.45) is 11.7 Å². The number of alkyl halides is 2. The number of methoxy groups -OCH3 is 1. The Morgan fingerprint density at radius 2 is 2.00 bits per heavy atom. The molecule has 2 rings (SSSR count). The van der Waals surface area contributed by atoms with Gasteiger partial charge in [-0.05, 0) is 56.1 Å². The molecule has 118 valence electrons. The van der Waals surface area contributed by atoms with Crippen molar-refractivity contribution in [3.8, 4) is 11.5 Å². The maximum atomic E-state index is 12.3. The van der Waals surface area contributed by atoms with Gasteiger partial charge in [-0.25, -0.2) is 0 Å². The quantitative estimate of drug-likeness (QED) is 0.877. The standard InChI is InChI=1S/C15H22F2N2O2/c1-20-14-8-12(2-3-13(14)21-15(16)17)10-19-6-4-11(9-18)5-7-19/h2-3,8,11,15H,4-7,9-10,18H2,1H3. The van der Waals surface area contributed by atoms with Gasteiger partial charge in [0.2, 0.25) is 0 Å². The normalized spacial score (nSPS) is 17.2. The van der Waals surface area contributed by atoms with Crippen molar-refractivity contribution < 1.29 is 18.3 Å². The Balaban J connectivity index is 1.97. The van der Waals surface area contributed by atoms with Crippen LogP contribution in [0.2, 0.25) is 0 Å². The number of hydrogen-bond acceptors (Lipinski definition) is 4. The zero-order valence-corrected chi connectivity index (χ0v) is 12.2. The zero-order valence-electron chi connectivity index (χ0n) is 12.2. The molecule has 0 aliphatic carbocycles. The predicted molar refractivity (Wildman–Crippen MR) is 76.7 cm³/mol. The third-order valence-electron chi connectivity index (χ3n) is 3.89. The molecule has 0 bridgehead atoms. The molecule has 0 radical (unpaired) electrons. The minimum absolute atomic E-state index is 0.0677. The van der Waals surface area contributed by atoms with Crippen LogP contribution in [0.1, 0.15) is 18.4 Å². The fourth-order valence-corrected chi connectivity index (χ4v) is 2.64. The van der Waals surface area contributed by atoms with Gasteiger partial charge in [-0.2, -0.15) is 8.78 Å². The SMILES string of the molecule is COc1cc(CN2CCC(CN)CC2)ccc1OC(F)F. The van der Waals surface area contributed by atoms with Crippen molar-refractivity contribution in [3.63, 3.8) is 0 Å². The van der Waals surface area contributed by atoms with Crippen LogP contribution in [0, 0.1) is 5.92 Å². The highest BCUT2D eigenvalue weighted by Crippen LogP contribution is 2.30. The van der Waals surface area contributed by atoms with Crippen LogP contribution >= 0.6 is 0 Å². The van der Waals surface area contributed by atoms with Gasteiger partial charge in [-0.3, -0.25) is 4.90 Å². The molecule has 0 atom stereocenters. The van der Waals surface area contributed by atoms with Crippen molar-refractivity contribution in [1.82, 2.24) is 4.90 Å². The van der Waals surface area contributed by atoms with E-state index in [1.165, 1.54) is 13.2 Å². The molecule has 1 fully saturated rings. The summed E-state index contributed by atoms with van der Waals surface area (Å²) in [6, 6.07) is 5.09. The maximum absolute atomic E-state index is 12.3. The first-order valence-corrected chi connectivity index (χ1v) is 7.16. The van der Waals surface area contributed by atoms with Gasteiger partial charge in [0.1, 0.15) is 0 Å². The number of hydrogen-bond donors (Lipinski definition) is 1. The molecule has 21 heavy (non-hydrogen) atoms. The molecule has 6 heteroatoms. The first-order valence-electron chi connectivity index (χ1n) is 7.16. The second-order valence-corrected chi connectivity index (χ2v) is 5.32. The predicted octanol–water partition coefficient (Wildman–Crippen LogP) is 2.47. The molecule has 1 aliphatic heterocycles. The van der Waals surface area contributed by atoms with Gasteiger partial charge < -0.3 is 15.2 Å². The highest BCUT2D eigenvalue weighted by molar-refractivity contribution is 5.43. The summed E-state index contributed by atoms with van der Waals surface area (Å²) in [5.41, 5.74) is 6.71. The second-order valence-electron chi connectivity index (χ2n) is 5.32. The summed E-state index contributed by atoms with van der Waals surface area (Å²) >= 11 is 0. The van der Waals surface area contributed by atoms with E-state index in [4.69, 9.17) is 10.5 Å². The lowest BCUT2D eigenvalue weighted by molar-refractivity contribution is -0.0512. The molecule has 1 heterocycles. The van der Waals surface area contributed by atoms with Crippen molar-refractivity contribution >= 4 is 0 Å². The number of benzene rings is 1. The third kappa shape index (κ3) is 4.54. The topological polar surface area (TPSA) is 47.7 Å². The van der Waals surface area contributed by atoms with Gasteiger partial charge in [0.25, 0.3) is 0 Å². The number of nitrogens with two attached hydrogens (primary N) is 1. The minimum atomic E-state index is -2.85. The fraction of sp³-hybridized carbons (Fsp3) is 0.600. The molecular weight excluding hydrogens is 278 g/mol. The molecule has 0 aromatic heterocycles. The summed E-state index contributed by atoms with van der Waals surface area (Å²) in [6.07, 6.45) is 2.22. The van der Waals surface area contributed by atoms with Gasteiger partial charge >= 0.3 is 6.61 Å². The van der Waals surface area contributed by atoms with Gasteiger partial charge in [-0.1, -0.05) is 6.07 Å². The van der Waals surface area contributed by atoms with Crippen molar-refractivity contribution in [2.75, 3.05) is 26.7 Å². The van der Waals surface area contributed by atoms with Crippen LogP contribution in [-0.2, 0) is 6.54 Å². The number of ether oxygens (including phenoxy) is 2. The van der Waals surface area contributed by atoms with Gasteiger partial charge in [0.15, 0.2) is 11.5 Å². The average molecular weight is 300 g/mol. The van der Waals surface area contributed by atoms with Crippen molar-refractivity contribution in [3.05, 3.63) is 23.8 Å². The van der Waals surface area contributed by atoms with E-state index in [1.807, 2.05) is 0 Å². The lowest BCUT2D eigenvalue weighted by Gasteiger charge is -2.31. The second kappa shape index (κ2) is 7.56. The monoisotopic (exact) mass is 300 g/mol. The summed E-state index contributed by atoms with van der Waals surface area (Å²) in [7, 11) is 1.45. The first-order chi connectivity index (χ1) is 10.1. The molecule has 4 nitrogen and oxygen atoms in total. The lowest BCUT2D eigenvalue weighted by Crippen LogP contribution is -2.35. The van der Waals surface area contributed by atoms with Crippen molar-refractivity contribution in [1.29, 1.82) is 0 Å². The van der Waals surface area contributed by atoms with E-state index in [0.717, 1.165) is 44.6 Å². The fourth-order valence-electron chi connectivity index (χ4n) is 2.64. The Hall–Kier alpha value is -1.40. The highest BCUT2D eigenvalue weighted by atomic mass is 19.3. The zero-order chi connectivity index (χ0) is 15.2. The van der Waals surface area contributed by atoms with Crippen LogP contribution in [0.3, 0.4) is 0 Å². The molecule has 1 aromatic rings. The van der Waals surface area contributed by atoms with Crippen molar-refractivity contribution in [2.45, 2.75) is 26.0 Å². The summed E-state index contributed by atoms with van der Waals surface area (Å²) in [5.74, 6) is 1.03. The molecule has 0 unspecified atom stereocenters. The molecule has 0 amide bonds. The van der Waals surface area contributed by atoms with E-state index in [9.17, 15) is 8.78 Å². The Morgan fingerprint density at radius 1 is 1.29 bits per heavy atom. The molecule has 1 saturated heterocycles. The average Bonchev–Trinajstić information content (AvgIpc) is 2.49.